The number of fused-ring (bicyclic) bond motifs is 1. The van der Waals surface area contributed by atoms with Crippen molar-refractivity contribution < 1.29 is 4.74 Å². The fraction of sp³-hybridized carbons (Fsp3) is 0.941. The molecule has 0 radical (unpaired) electrons. The van der Waals surface area contributed by atoms with Crippen molar-refractivity contribution in [2.45, 2.75) is 44.2 Å². The van der Waals surface area contributed by atoms with E-state index in [-0.39, 0.29) is 6.10 Å². The number of rotatable bonds is 5. The third-order valence-corrected chi connectivity index (χ3v) is 5.35. The molecule has 3 rings (SSSR count). The van der Waals surface area contributed by atoms with Gasteiger partial charge in [0.1, 0.15) is 0 Å². The number of hydrogen-bond donors (Lipinski definition) is 2. The van der Waals surface area contributed by atoms with Gasteiger partial charge in [-0.1, -0.05) is 6.42 Å². The van der Waals surface area contributed by atoms with Gasteiger partial charge in [-0.05, 0) is 45.3 Å². The quantitative estimate of drug-likeness (QED) is 0.570. The average molecular weight is 323 g/mol. The van der Waals surface area contributed by atoms with Crippen LogP contribution in [-0.4, -0.2) is 87.4 Å². The lowest BCUT2D eigenvalue weighted by Crippen LogP contribution is -2.51. The summed E-state index contributed by atoms with van der Waals surface area (Å²) in [6.45, 7) is 8.60. The lowest BCUT2D eigenvalue weighted by molar-refractivity contribution is -0.0453. The molecule has 3 fully saturated rings. The Bertz CT molecular complexity index is 383. The second-order valence-electron chi connectivity index (χ2n) is 7.03. The normalized spacial score (nSPS) is 30.2. The van der Waals surface area contributed by atoms with Gasteiger partial charge < -0.3 is 20.3 Å². The summed E-state index contributed by atoms with van der Waals surface area (Å²) >= 11 is 0. The lowest BCUT2D eigenvalue weighted by Gasteiger charge is -2.35. The van der Waals surface area contributed by atoms with Crippen LogP contribution in [0.1, 0.15) is 32.1 Å². The first kappa shape index (κ1) is 17.0. The van der Waals surface area contributed by atoms with Crippen LogP contribution in [-0.2, 0) is 4.74 Å². The van der Waals surface area contributed by atoms with Gasteiger partial charge in [-0.2, -0.15) is 0 Å². The highest BCUT2D eigenvalue weighted by atomic mass is 16.5. The third-order valence-electron chi connectivity index (χ3n) is 5.35. The minimum absolute atomic E-state index is 0.282. The first-order valence-corrected chi connectivity index (χ1v) is 9.37. The number of aliphatic imine (C=N–C) groups is 1. The highest BCUT2D eigenvalue weighted by molar-refractivity contribution is 5.79. The largest absolute Gasteiger partial charge is 0.373 e. The zero-order valence-corrected chi connectivity index (χ0v) is 14.6. The molecule has 0 amide bonds. The van der Waals surface area contributed by atoms with E-state index in [1.54, 1.807) is 0 Å². The zero-order valence-electron chi connectivity index (χ0n) is 14.6. The number of morpholine rings is 1. The van der Waals surface area contributed by atoms with Crippen LogP contribution in [0.2, 0.25) is 0 Å². The van der Waals surface area contributed by atoms with Gasteiger partial charge in [0.15, 0.2) is 5.96 Å². The fourth-order valence-corrected chi connectivity index (χ4v) is 3.96. The zero-order chi connectivity index (χ0) is 15.9. The second-order valence-corrected chi connectivity index (χ2v) is 7.03. The molecule has 0 aliphatic carbocycles. The summed E-state index contributed by atoms with van der Waals surface area (Å²) in [5, 5.41) is 6.86. The van der Waals surface area contributed by atoms with Gasteiger partial charge in [-0.3, -0.25) is 9.89 Å². The van der Waals surface area contributed by atoms with E-state index in [2.05, 4.69) is 25.4 Å². The summed E-state index contributed by atoms with van der Waals surface area (Å²) in [6.07, 6.45) is 7.01. The first-order valence-electron chi connectivity index (χ1n) is 9.37. The SMILES string of the molecule is CN=C(NCCN1CCCCC1)NCC1CN2CCCC2CO1. The Hall–Kier alpha value is -0.850. The third kappa shape index (κ3) is 5.06. The van der Waals surface area contributed by atoms with Crippen molar-refractivity contribution in [1.29, 1.82) is 0 Å². The Morgan fingerprint density at radius 3 is 2.83 bits per heavy atom. The Kier molecular flexibility index (Phi) is 6.54. The number of likely N-dealkylation sites (tertiary alicyclic amines) is 1. The number of piperidine rings is 1. The summed E-state index contributed by atoms with van der Waals surface area (Å²) in [6, 6.07) is 0.674. The average Bonchev–Trinajstić information content (AvgIpc) is 3.06. The molecule has 3 saturated heterocycles. The molecule has 0 aromatic carbocycles. The van der Waals surface area contributed by atoms with E-state index < -0.39 is 0 Å². The maximum Gasteiger partial charge on any atom is 0.191 e. The maximum absolute atomic E-state index is 5.99. The van der Waals surface area contributed by atoms with Gasteiger partial charge in [0.2, 0.25) is 0 Å². The Labute approximate surface area is 140 Å². The van der Waals surface area contributed by atoms with E-state index in [0.29, 0.717) is 6.04 Å². The Morgan fingerprint density at radius 2 is 2.00 bits per heavy atom. The molecular weight excluding hydrogens is 290 g/mol. The number of nitrogens with zero attached hydrogens (tertiary/aromatic N) is 3. The van der Waals surface area contributed by atoms with E-state index in [0.717, 1.165) is 38.7 Å². The summed E-state index contributed by atoms with van der Waals surface area (Å²) in [7, 11) is 1.84. The molecule has 0 saturated carbocycles. The summed E-state index contributed by atoms with van der Waals surface area (Å²) in [5.41, 5.74) is 0. The monoisotopic (exact) mass is 323 g/mol. The maximum atomic E-state index is 5.99. The molecule has 3 heterocycles. The van der Waals surface area contributed by atoms with Crippen molar-refractivity contribution in [2.75, 3.05) is 59.5 Å². The number of hydrogen-bond acceptors (Lipinski definition) is 4. The molecule has 2 unspecified atom stereocenters. The van der Waals surface area contributed by atoms with Crippen LogP contribution < -0.4 is 10.6 Å². The fourth-order valence-electron chi connectivity index (χ4n) is 3.96. The molecule has 3 aliphatic heterocycles. The summed E-state index contributed by atoms with van der Waals surface area (Å²) < 4.78 is 5.99. The molecular formula is C17H33N5O. The standard InChI is InChI=1S/C17H33N5O/c1-18-17(19-7-11-21-8-3-2-4-9-21)20-12-16-13-22-10-5-6-15(22)14-23-16/h15-16H,2-14H2,1H3,(H2,18,19,20). The van der Waals surface area contributed by atoms with E-state index >= 15 is 0 Å². The summed E-state index contributed by atoms with van der Waals surface area (Å²) in [5.74, 6) is 0.897. The van der Waals surface area contributed by atoms with Gasteiger partial charge >= 0.3 is 0 Å². The highest BCUT2D eigenvalue weighted by Crippen LogP contribution is 2.22. The van der Waals surface area contributed by atoms with Gasteiger partial charge in [0, 0.05) is 39.3 Å². The van der Waals surface area contributed by atoms with E-state index in [1.807, 2.05) is 7.05 Å². The van der Waals surface area contributed by atoms with Crippen LogP contribution >= 0.6 is 0 Å². The van der Waals surface area contributed by atoms with E-state index in [9.17, 15) is 0 Å². The second kappa shape index (κ2) is 8.85. The topological polar surface area (TPSA) is 52.1 Å². The van der Waals surface area contributed by atoms with Crippen LogP contribution in [0.15, 0.2) is 4.99 Å². The van der Waals surface area contributed by atoms with Crippen molar-refractivity contribution in [3.8, 4) is 0 Å². The highest BCUT2D eigenvalue weighted by Gasteiger charge is 2.32. The van der Waals surface area contributed by atoms with Crippen molar-refractivity contribution in [3.63, 3.8) is 0 Å². The Morgan fingerprint density at radius 1 is 1.13 bits per heavy atom. The smallest absolute Gasteiger partial charge is 0.191 e. The predicted molar refractivity (Wildman–Crippen MR) is 94.0 cm³/mol. The van der Waals surface area contributed by atoms with Gasteiger partial charge in [0.05, 0.1) is 12.7 Å². The van der Waals surface area contributed by atoms with Crippen molar-refractivity contribution in [2.24, 2.45) is 4.99 Å². The number of guanidine groups is 1. The molecule has 0 bridgehead atoms. The van der Waals surface area contributed by atoms with Gasteiger partial charge in [-0.15, -0.1) is 0 Å². The molecule has 23 heavy (non-hydrogen) atoms. The molecule has 2 atom stereocenters. The summed E-state index contributed by atoms with van der Waals surface area (Å²) in [4.78, 5) is 9.46. The van der Waals surface area contributed by atoms with Crippen molar-refractivity contribution >= 4 is 5.96 Å². The minimum atomic E-state index is 0.282. The molecule has 132 valence electrons. The van der Waals surface area contributed by atoms with Gasteiger partial charge in [0.25, 0.3) is 0 Å². The van der Waals surface area contributed by atoms with Crippen molar-refractivity contribution in [1.82, 2.24) is 20.4 Å². The molecule has 0 aromatic heterocycles. The number of ether oxygens (including phenoxy) is 1. The van der Waals surface area contributed by atoms with E-state index in [4.69, 9.17) is 4.74 Å². The van der Waals surface area contributed by atoms with Crippen molar-refractivity contribution in [3.05, 3.63) is 0 Å². The van der Waals surface area contributed by atoms with E-state index in [1.165, 1.54) is 51.7 Å². The molecule has 6 heteroatoms. The molecule has 6 nitrogen and oxygen atoms in total. The predicted octanol–water partition coefficient (Wildman–Crippen LogP) is 0.501. The van der Waals surface area contributed by atoms with Crippen LogP contribution in [0.3, 0.4) is 0 Å². The van der Waals surface area contributed by atoms with Crippen LogP contribution in [0.5, 0.6) is 0 Å². The lowest BCUT2D eigenvalue weighted by atomic mass is 10.1. The molecule has 0 spiro atoms. The molecule has 2 N–H and O–H groups in total. The van der Waals surface area contributed by atoms with Crippen LogP contribution in [0.25, 0.3) is 0 Å². The van der Waals surface area contributed by atoms with Crippen LogP contribution in [0, 0.1) is 0 Å². The minimum Gasteiger partial charge on any atom is -0.373 e. The van der Waals surface area contributed by atoms with Gasteiger partial charge in [-0.25, -0.2) is 0 Å². The first-order chi connectivity index (χ1) is 11.3. The number of nitrogens with one attached hydrogen (secondary N) is 2. The van der Waals surface area contributed by atoms with Crippen LogP contribution in [0.4, 0.5) is 0 Å². The molecule has 0 aromatic rings. The molecule has 3 aliphatic rings. The Balaban J connectivity index is 1.31.